The number of aromatic nitrogens is 2. The van der Waals surface area contributed by atoms with Crippen LogP contribution in [-0.2, 0) is 10.2 Å². The highest BCUT2D eigenvalue weighted by molar-refractivity contribution is 5.94. The lowest BCUT2D eigenvalue weighted by molar-refractivity contribution is -0.0276. The lowest BCUT2D eigenvalue weighted by atomic mass is 9.86. The van der Waals surface area contributed by atoms with Crippen LogP contribution in [-0.4, -0.2) is 40.6 Å². The first-order chi connectivity index (χ1) is 11.3. The summed E-state index contributed by atoms with van der Waals surface area (Å²) in [5, 5.41) is 3.90. The average molecular weight is 329 g/mol. The van der Waals surface area contributed by atoms with Gasteiger partial charge in [0.05, 0.1) is 13.2 Å². The Bertz CT molecular complexity index is 716. The highest BCUT2D eigenvalue weighted by Gasteiger charge is 2.29. The van der Waals surface area contributed by atoms with Crippen LogP contribution < -0.4 is 0 Å². The molecule has 0 aliphatic carbocycles. The molecule has 1 aromatic heterocycles. The van der Waals surface area contributed by atoms with Crippen molar-refractivity contribution < 1.29 is 14.1 Å². The number of nitrogens with zero attached hydrogens (tertiary/aromatic N) is 3. The summed E-state index contributed by atoms with van der Waals surface area (Å²) >= 11 is 0. The molecule has 1 saturated heterocycles. The molecule has 0 bridgehead atoms. The number of carbonyl (C=O) groups is 1. The Morgan fingerprint density at radius 1 is 1.25 bits per heavy atom. The second-order valence-electron chi connectivity index (χ2n) is 7.11. The summed E-state index contributed by atoms with van der Waals surface area (Å²) in [4.78, 5) is 18.7. The minimum Gasteiger partial charge on any atom is -0.366 e. The van der Waals surface area contributed by atoms with Gasteiger partial charge in [-0.15, -0.1) is 0 Å². The van der Waals surface area contributed by atoms with Crippen LogP contribution in [0.2, 0.25) is 0 Å². The van der Waals surface area contributed by atoms with Crippen molar-refractivity contribution in [3.63, 3.8) is 0 Å². The lowest BCUT2D eigenvalue weighted by Gasteiger charge is -2.31. The van der Waals surface area contributed by atoms with Gasteiger partial charge in [0.25, 0.3) is 5.91 Å². The van der Waals surface area contributed by atoms with Crippen molar-refractivity contribution >= 4 is 5.91 Å². The van der Waals surface area contributed by atoms with Crippen molar-refractivity contribution in [1.29, 1.82) is 0 Å². The molecule has 128 valence electrons. The predicted molar refractivity (Wildman–Crippen MR) is 88.8 cm³/mol. The van der Waals surface area contributed by atoms with Crippen molar-refractivity contribution in [3.05, 3.63) is 47.1 Å². The Morgan fingerprint density at radius 3 is 2.54 bits per heavy atom. The summed E-state index contributed by atoms with van der Waals surface area (Å²) in [6, 6.07) is 7.83. The highest BCUT2D eigenvalue weighted by Crippen LogP contribution is 2.24. The van der Waals surface area contributed by atoms with E-state index < -0.39 is 0 Å². The third-order valence-corrected chi connectivity index (χ3v) is 4.18. The van der Waals surface area contributed by atoms with E-state index in [2.05, 4.69) is 30.9 Å². The molecule has 1 aromatic carbocycles. The molecule has 1 amide bonds. The quantitative estimate of drug-likeness (QED) is 0.847. The van der Waals surface area contributed by atoms with Crippen LogP contribution in [0.5, 0.6) is 0 Å². The molecule has 0 saturated carbocycles. The normalized spacial score (nSPS) is 18.7. The number of amides is 1. The summed E-state index contributed by atoms with van der Waals surface area (Å²) < 4.78 is 10.7. The maximum atomic E-state index is 12.7. The SMILES string of the molecule is Cc1nc(C2CN(C(=O)c3ccc(C(C)(C)C)cc3)CCO2)no1. The van der Waals surface area contributed by atoms with Crippen molar-refractivity contribution in [1.82, 2.24) is 15.0 Å². The third-order valence-electron chi connectivity index (χ3n) is 4.18. The van der Waals surface area contributed by atoms with Gasteiger partial charge in [0.2, 0.25) is 11.7 Å². The summed E-state index contributed by atoms with van der Waals surface area (Å²) in [5.41, 5.74) is 1.97. The lowest BCUT2D eigenvalue weighted by Crippen LogP contribution is -2.42. The van der Waals surface area contributed by atoms with E-state index in [-0.39, 0.29) is 17.4 Å². The standard InChI is InChI=1S/C18H23N3O3/c1-12-19-16(20-24-12)15-11-21(9-10-23-15)17(22)13-5-7-14(8-6-13)18(2,3)4/h5-8,15H,9-11H2,1-4H3. The number of rotatable bonds is 2. The molecule has 6 nitrogen and oxygen atoms in total. The Kier molecular flexibility index (Phi) is 4.41. The zero-order chi connectivity index (χ0) is 17.3. The van der Waals surface area contributed by atoms with E-state index in [0.29, 0.717) is 37.0 Å². The molecular formula is C18H23N3O3. The number of benzene rings is 1. The van der Waals surface area contributed by atoms with Gasteiger partial charge < -0.3 is 14.2 Å². The van der Waals surface area contributed by atoms with Crippen LogP contribution in [0.4, 0.5) is 0 Å². The average Bonchev–Trinajstić information content (AvgIpc) is 3.00. The van der Waals surface area contributed by atoms with Crippen LogP contribution in [0.25, 0.3) is 0 Å². The first kappa shape index (κ1) is 16.6. The first-order valence-electron chi connectivity index (χ1n) is 8.16. The summed E-state index contributed by atoms with van der Waals surface area (Å²) in [7, 11) is 0. The van der Waals surface area contributed by atoms with Gasteiger partial charge in [-0.2, -0.15) is 4.98 Å². The Labute approximate surface area is 141 Å². The van der Waals surface area contributed by atoms with Crippen LogP contribution >= 0.6 is 0 Å². The van der Waals surface area contributed by atoms with Gasteiger partial charge in [0.1, 0.15) is 6.10 Å². The minimum absolute atomic E-state index is 0.00368. The second kappa shape index (κ2) is 6.36. The number of morpholine rings is 1. The number of ether oxygens (including phenoxy) is 1. The highest BCUT2D eigenvalue weighted by atomic mass is 16.5. The summed E-state index contributed by atoms with van der Waals surface area (Å²) in [6.07, 6.45) is -0.339. The molecule has 6 heteroatoms. The van der Waals surface area contributed by atoms with E-state index in [0.717, 1.165) is 0 Å². The predicted octanol–water partition coefficient (Wildman–Crippen LogP) is 2.89. The molecule has 2 aromatic rings. The van der Waals surface area contributed by atoms with Crippen molar-refractivity contribution in [2.45, 2.75) is 39.2 Å². The third kappa shape index (κ3) is 3.48. The monoisotopic (exact) mass is 329 g/mol. The van der Waals surface area contributed by atoms with Gasteiger partial charge in [-0.25, -0.2) is 0 Å². The number of hydrogen-bond donors (Lipinski definition) is 0. The van der Waals surface area contributed by atoms with E-state index in [1.807, 2.05) is 24.3 Å². The summed E-state index contributed by atoms with van der Waals surface area (Å²) in [5.74, 6) is 0.992. The second-order valence-corrected chi connectivity index (χ2v) is 7.11. The van der Waals surface area contributed by atoms with E-state index >= 15 is 0 Å². The summed E-state index contributed by atoms with van der Waals surface area (Å²) in [6.45, 7) is 9.66. The zero-order valence-corrected chi connectivity index (χ0v) is 14.6. The molecule has 1 unspecified atom stereocenters. The van der Waals surface area contributed by atoms with Gasteiger partial charge in [-0.1, -0.05) is 38.1 Å². The van der Waals surface area contributed by atoms with E-state index in [9.17, 15) is 4.79 Å². The van der Waals surface area contributed by atoms with Gasteiger partial charge in [-0.05, 0) is 23.1 Å². The number of aryl methyl sites for hydroxylation is 1. The molecule has 24 heavy (non-hydrogen) atoms. The van der Waals surface area contributed by atoms with Gasteiger partial charge >= 0.3 is 0 Å². The van der Waals surface area contributed by atoms with Crippen molar-refractivity contribution in [2.75, 3.05) is 19.7 Å². The molecule has 2 heterocycles. The number of carbonyl (C=O) groups excluding carboxylic acids is 1. The maximum absolute atomic E-state index is 12.7. The zero-order valence-electron chi connectivity index (χ0n) is 14.6. The Morgan fingerprint density at radius 2 is 1.96 bits per heavy atom. The van der Waals surface area contributed by atoms with Gasteiger partial charge in [-0.3, -0.25) is 4.79 Å². The first-order valence-corrected chi connectivity index (χ1v) is 8.16. The maximum Gasteiger partial charge on any atom is 0.254 e. The topological polar surface area (TPSA) is 68.5 Å². The van der Waals surface area contributed by atoms with Crippen LogP contribution in [0.3, 0.4) is 0 Å². The Hall–Kier alpha value is -2.21. The molecular weight excluding hydrogens is 306 g/mol. The Balaban J connectivity index is 1.72. The fraction of sp³-hybridized carbons (Fsp3) is 0.500. The van der Waals surface area contributed by atoms with E-state index in [4.69, 9.17) is 9.26 Å². The molecule has 1 aliphatic rings. The van der Waals surface area contributed by atoms with Crippen molar-refractivity contribution in [3.8, 4) is 0 Å². The fourth-order valence-corrected chi connectivity index (χ4v) is 2.73. The molecule has 0 N–H and O–H groups in total. The molecule has 1 atom stereocenters. The minimum atomic E-state index is -0.339. The van der Waals surface area contributed by atoms with Crippen LogP contribution in [0.15, 0.2) is 28.8 Å². The van der Waals surface area contributed by atoms with E-state index in [1.54, 1.807) is 11.8 Å². The molecule has 0 radical (unpaired) electrons. The van der Waals surface area contributed by atoms with Gasteiger partial charge in [0.15, 0.2) is 0 Å². The fourth-order valence-electron chi connectivity index (χ4n) is 2.73. The smallest absolute Gasteiger partial charge is 0.254 e. The van der Waals surface area contributed by atoms with E-state index in [1.165, 1.54) is 5.56 Å². The van der Waals surface area contributed by atoms with Gasteiger partial charge in [0, 0.05) is 19.0 Å². The number of hydrogen-bond acceptors (Lipinski definition) is 5. The molecule has 1 aliphatic heterocycles. The molecule has 0 spiro atoms. The van der Waals surface area contributed by atoms with Crippen LogP contribution in [0, 0.1) is 6.92 Å². The largest absolute Gasteiger partial charge is 0.366 e. The molecule has 3 rings (SSSR count). The molecule has 1 fully saturated rings. The van der Waals surface area contributed by atoms with Crippen molar-refractivity contribution in [2.24, 2.45) is 0 Å². The van der Waals surface area contributed by atoms with Crippen LogP contribution in [0.1, 0.15) is 54.5 Å².